The van der Waals surface area contributed by atoms with Gasteiger partial charge in [0, 0.05) is 12.1 Å². The number of hydrogen-bond donors (Lipinski definition) is 2. The van der Waals surface area contributed by atoms with Crippen molar-refractivity contribution in [2.75, 3.05) is 0 Å². The number of para-hydroxylation sites is 1. The second-order valence-corrected chi connectivity index (χ2v) is 4.92. The third-order valence-electron chi connectivity index (χ3n) is 3.27. The zero-order valence-electron chi connectivity index (χ0n) is 12.3. The molecule has 2 rings (SSSR count). The summed E-state index contributed by atoms with van der Waals surface area (Å²) in [5.74, 6) is -1.30. The summed E-state index contributed by atoms with van der Waals surface area (Å²) in [6.07, 6.45) is 0. The third-order valence-corrected chi connectivity index (χ3v) is 3.27. The normalized spacial score (nSPS) is 13.2. The molecular weight excluding hydrogens is 286 g/mol. The Hall–Kier alpha value is -2.76. The van der Waals surface area contributed by atoms with Gasteiger partial charge in [0.1, 0.15) is 5.75 Å². The third kappa shape index (κ3) is 3.88. The number of ether oxygens (including phenoxy) is 1. The first-order valence-electron chi connectivity index (χ1n) is 6.84. The van der Waals surface area contributed by atoms with Gasteiger partial charge in [-0.25, -0.2) is 0 Å². The SMILES string of the molecule is CC(NC(=O)c1ccc(Oc2ccccc2)o1)C(C)C(=O)O. The van der Waals surface area contributed by atoms with Gasteiger partial charge in [0.25, 0.3) is 11.9 Å². The molecule has 2 unspecified atom stereocenters. The summed E-state index contributed by atoms with van der Waals surface area (Å²) in [6.45, 7) is 3.15. The maximum Gasteiger partial charge on any atom is 0.308 e. The van der Waals surface area contributed by atoms with Gasteiger partial charge in [0.05, 0.1) is 5.92 Å². The van der Waals surface area contributed by atoms with Crippen LogP contribution in [0.1, 0.15) is 24.4 Å². The van der Waals surface area contributed by atoms with Crippen LogP contribution in [0.15, 0.2) is 46.9 Å². The summed E-state index contributed by atoms with van der Waals surface area (Å²) in [5.41, 5.74) is 0. The molecule has 0 aliphatic heterocycles. The number of aliphatic carboxylic acids is 1. The number of carboxylic acids is 1. The van der Waals surface area contributed by atoms with Crippen molar-refractivity contribution in [3.63, 3.8) is 0 Å². The first kappa shape index (κ1) is 15.6. The zero-order valence-corrected chi connectivity index (χ0v) is 12.3. The molecule has 0 aliphatic carbocycles. The second-order valence-electron chi connectivity index (χ2n) is 4.92. The number of benzene rings is 1. The molecule has 0 radical (unpaired) electrons. The van der Waals surface area contributed by atoms with Crippen LogP contribution in [0.4, 0.5) is 0 Å². The van der Waals surface area contributed by atoms with Crippen molar-refractivity contribution in [2.45, 2.75) is 19.9 Å². The van der Waals surface area contributed by atoms with Crippen molar-refractivity contribution in [1.82, 2.24) is 5.32 Å². The van der Waals surface area contributed by atoms with Crippen molar-refractivity contribution in [1.29, 1.82) is 0 Å². The molecule has 0 spiro atoms. The van der Waals surface area contributed by atoms with Gasteiger partial charge in [-0.15, -0.1) is 0 Å². The fourth-order valence-corrected chi connectivity index (χ4v) is 1.72. The first-order chi connectivity index (χ1) is 10.5. The highest BCUT2D eigenvalue weighted by Gasteiger charge is 2.22. The quantitative estimate of drug-likeness (QED) is 0.856. The smallest absolute Gasteiger partial charge is 0.308 e. The highest BCUT2D eigenvalue weighted by molar-refractivity contribution is 5.92. The largest absolute Gasteiger partial charge is 0.481 e. The molecule has 2 atom stereocenters. The van der Waals surface area contributed by atoms with Crippen LogP contribution in [0.2, 0.25) is 0 Å². The van der Waals surface area contributed by atoms with E-state index in [-0.39, 0.29) is 11.7 Å². The molecule has 1 amide bonds. The van der Waals surface area contributed by atoms with Crippen LogP contribution in [0, 0.1) is 5.92 Å². The van der Waals surface area contributed by atoms with Crippen LogP contribution < -0.4 is 10.1 Å². The molecule has 2 aromatic rings. The van der Waals surface area contributed by atoms with E-state index in [2.05, 4.69) is 5.32 Å². The molecule has 6 nitrogen and oxygen atoms in total. The Balaban J connectivity index is 1.99. The van der Waals surface area contributed by atoms with Gasteiger partial charge >= 0.3 is 5.97 Å². The lowest BCUT2D eigenvalue weighted by Gasteiger charge is -2.16. The number of carbonyl (C=O) groups excluding carboxylic acids is 1. The molecule has 0 bridgehead atoms. The number of rotatable bonds is 6. The zero-order chi connectivity index (χ0) is 16.1. The summed E-state index contributed by atoms with van der Waals surface area (Å²) in [7, 11) is 0. The average molecular weight is 303 g/mol. The minimum absolute atomic E-state index is 0.0652. The Morgan fingerprint density at radius 2 is 1.82 bits per heavy atom. The van der Waals surface area contributed by atoms with E-state index < -0.39 is 23.8 Å². The second kappa shape index (κ2) is 6.80. The standard InChI is InChI=1S/C16H17NO5/c1-10(16(19)20)11(2)17-15(18)13-8-9-14(22-13)21-12-6-4-3-5-7-12/h3-11H,1-2H3,(H,17,18)(H,19,20). The molecule has 1 aromatic heterocycles. The van der Waals surface area contributed by atoms with E-state index in [1.54, 1.807) is 19.1 Å². The van der Waals surface area contributed by atoms with Gasteiger partial charge in [-0.2, -0.15) is 0 Å². The number of carbonyl (C=O) groups is 2. The molecule has 116 valence electrons. The van der Waals surface area contributed by atoms with E-state index in [0.717, 1.165) is 0 Å². The van der Waals surface area contributed by atoms with Crippen molar-refractivity contribution in [2.24, 2.45) is 5.92 Å². The Morgan fingerprint density at radius 1 is 1.14 bits per heavy atom. The number of carboxylic acid groups (broad SMARTS) is 1. The van der Waals surface area contributed by atoms with E-state index in [1.807, 2.05) is 18.2 Å². The summed E-state index contributed by atoms with van der Waals surface area (Å²) >= 11 is 0. The van der Waals surface area contributed by atoms with E-state index in [4.69, 9.17) is 14.3 Å². The van der Waals surface area contributed by atoms with Crippen LogP contribution in [-0.4, -0.2) is 23.0 Å². The lowest BCUT2D eigenvalue weighted by Crippen LogP contribution is -2.39. The van der Waals surface area contributed by atoms with Crippen molar-refractivity contribution in [3.8, 4) is 11.7 Å². The number of amides is 1. The van der Waals surface area contributed by atoms with Crippen LogP contribution in [0.5, 0.6) is 11.7 Å². The summed E-state index contributed by atoms with van der Waals surface area (Å²) in [6, 6.07) is 11.5. The summed E-state index contributed by atoms with van der Waals surface area (Å²) in [4.78, 5) is 22.9. The molecule has 0 aliphatic rings. The van der Waals surface area contributed by atoms with Crippen LogP contribution in [0.3, 0.4) is 0 Å². The summed E-state index contributed by atoms with van der Waals surface area (Å²) < 4.78 is 10.8. The van der Waals surface area contributed by atoms with Crippen LogP contribution in [0.25, 0.3) is 0 Å². The molecule has 6 heteroatoms. The fraction of sp³-hybridized carbons (Fsp3) is 0.250. The Kier molecular flexibility index (Phi) is 4.83. The highest BCUT2D eigenvalue weighted by atomic mass is 16.6. The van der Waals surface area contributed by atoms with E-state index in [9.17, 15) is 9.59 Å². The predicted molar refractivity (Wildman–Crippen MR) is 79.0 cm³/mol. The molecule has 0 fully saturated rings. The molecular formula is C16H17NO5. The van der Waals surface area contributed by atoms with E-state index in [0.29, 0.717) is 5.75 Å². The Morgan fingerprint density at radius 3 is 2.45 bits per heavy atom. The minimum Gasteiger partial charge on any atom is -0.481 e. The number of furan rings is 1. The van der Waals surface area contributed by atoms with Gasteiger partial charge in [-0.1, -0.05) is 18.2 Å². The fourth-order valence-electron chi connectivity index (χ4n) is 1.72. The van der Waals surface area contributed by atoms with Crippen LogP contribution in [-0.2, 0) is 4.79 Å². The maximum absolute atomic E-state index is 12.0. The van der Waals surface area contributed by atoms with Crippen molar-refractivity contribution >= 4 is 11.9 Å². The number of hydrogen-bond acceptors (Lipinski definition) is 4. The van der Waals surface area contributed by atoms with Crippen molar-refractivity contribution in [3.05, 3.63) is 48.2 Å². The minimum atomic E-state index is -0.972. The van der Waals surface area contributed by atoms with Gasteiger partial charge in [0.15, 0.2) is 5.76 Å². The highest BCUT2D eigenvalue weighted by Crippen LogP contribution is 2.23. The topological polar surface area (TPSA) is 88.8 Å². The predicted octanol–water partition coefficient (Wildman–Crippen LogP) is 2.91. The molecule has 1 aromatic carbocycles. The lowest BCUT2D eigenvalue weighted by atomic mass is 10.0. The van der Waals surface area contributed by atoms with Crippen LogP contribution >= 0.6 is 0 Å². The Labute approximate surface area is 127 Å². The lowest BCUT2D eigenvalue weighted by molar-refractivity contribution is -0.141. The Bertz CT molecular complexity index is 650. The van der Waals surface area contributed by atoms with Gasteiger partial charge < -0.3 is 19.6 Å². The van der Waals surface area contributed by atoms with Gasteiger partial charge in [0.2, 0.25) is 0 Å². The number of nitrogens with one attached hydrogen (secondary N) is 1. The molecule has 0 saturated carbocycles. The van der Waals surface area contributed by atoms with Crippen molar-refractivity contribution < 1.29 is 23.8 Å². The monoisotopic (exact) mass is 303 g/mol. The van der Waals surface area contributed by atoms with Gasteiger partial charge in [-0.3, -0.25) is 9.59 Å². The molecule has 22 heavy (non-hydrogen) atoms. The average Bonchev–Trinajstić information content (AvgIpc) is 2.96. The summed E-state index contributed by atoms with van der Waals surface area (Å²) in [5, 5.41) is 11.5. The first-order valence-corrected chi connectivity index (χ1v) is 6.84. The van der Waals surface area contributed by atoms with E-state index >= 15 is 0 Å². The van der Waals surface area contributed by atoms with E-state index in [1.165, 1.54) is 19.1 Å². The maximum atomic E-state index is 12.0. The molecule has 0 saturated heterocycles. The molecule has 2 N–H and O–H groups in total. The molecule has 1 heterocycles. The van der Waals surface area contributed by atoms with Gasteiger partial charge in [-0.05, 0) is 32.0 Å².